The number of aryl methyl sites for hydroxylation is 1. The summed E-state index contributed by atoms with van der Waals surface area (Å²) in [5, 5.41) is 10.3. The van der Waals surface area contributed by atoms with Crippen LogP contribution in [0.3, 0.4) is 0 Å². The van der Waals surface area contributed by atoms with Crippen molar-refractivity contribution in [3.05, 3.63) is 34.8 Å². The van der Waals surface area contributed by atoms with Gasteiger partial charge in [0.1, 0.15) is 10.8 Å². The maximum absolute atomic E-state index is 9.30. The molecular weight excluding hydrogens is 258 g/mol. The first-order chi connectivity index (χ1) is 9.28. The van der Waals surface area contributed by atoms with Crippen molar-refractivity contribution in [3.8, 4) is 16.3 Å². The summed E-state index contributed by atoms with van der Waals surface area (Å²) in [6.45, 7) is 4.95. The molecule has 102 valence electrons. The minimum Gasteiger partial charge on any atom is -0.494 e. The third kappa shape index (κ3) is 3.33. The number of hydrogen-bond donors (Lipinski definition) is 1. The van der Waals surface area contributed by atoms with E-state index in [0.29, 0.717) is 0 Å². The first kappa shape index (κ1) is 14.0. The van der Waals surface area contributed by atoms with Gasteiger partial charge < -0.3 is 9.84 Å². The van der Waals surface area contributed by atoms with Crippen LogP contribution in [0.25, 0.3) is 10.6 Å². The van der Waals surface area contributed by atoms with Crippen LogP contribution in [-0.4, -0.2) is 16.7 Å². The van der Waals surface area contributed by atoms with Crippen LogP contribution in [0.15, 0.2) is 24.3 Å². The lowest BCUT2D eigenvalue weighted by Crippen LogP contribution is -1.94. The maximum Gasteiger partial charge on any atom is 0.123 e. The Bertz CT molecular complexity index is 498. The predicted octanol–water partition coefficient (Wildman–Crippen LogP) is 3.65. The summed E-state index contributed by atoms with van der Waals surface area (Å²) in [6.07, 6.45) is 1.86. The van der Waals surface area contributed by atoms with E-state index in [0.717, 1.165) is 46.3 Å². The minimum absolute atomic E-state index is 0.0680. The van der Waals surface area contributed by atoms with Gasteiger partial charge in [-0.1, -0.05) is 13.8 Å². The second-order valence-electron chi connectivity index (χ2n) is 4.27. The molecule has 19 heavy (non-hydrogen) atoms. The van der Waals surface area contributed by atoms with Crippen molar-refractivity contribution in [2.24, 2.45) is 0 Å². The second kappa shape index (κ2) is 6.68. The topological polar surface area (TPSA) is 42.4 Å². The minimum atomic E-state index is 0.0680. The zero-order valence-electron chi connectivity index (χ0n) is 11.3. The van der Waals surface area contributed by atoms with Crippen LogP contribution in [0.4, 0.5) is 0 Å². The summed E-state index contributed by atoms with van der Waals surface area (Å²) >= 11 is 1.56. The molecule has 0 aliphatic heterocycles. The molecule has 0 bridgehead atoms. The Morgan fingerprint density at radius 1 is 1.21 bits per heavy atom. The molecule has 0 saturated carbocycles. The Kier molecular flexibility index (Phi) is 4.93. The molecule has 4 heteroatoms. The van der Waals surface area contributed by atoms with Gasteiger partial charge in [-0.3, -0.25) is 0 Å². The number of thiazole rings is 1. The summed E-state index contributed by atoms with van der Waals surface area (Å²) in [4.78, 5) is 5.54. The van der Waals surface area contributed by atoms with Gasteiger partial charge in [0.2, 0.25) is 0 Å². The molecule has 1 N–H and O–H groups in total. The molecule has 0 aliphatic rings. The van der Waals surface area contributed by atoms with Crippen molar-refractivity contribution >= 4 is 11.3 Å². The molecule has 2 rings (SSSR count). The van der Waals surface area contributed by atoms with Gasteiger partial charge in [0.15, 0.2) is 0 Å². The molecule has 0 aliphatic carbocycles. The van der Waals surface area contributed by atoms with Crippen molar-refractivity contribution in [2.75, 3.05) is 6.61 Å². The zero-order chi connectivity index (χ0) is 13.7. The normalized spacial score (nSPS) is 10.7. The average molecular weight is 277 g/mol. The van der Waals surface area contributed by atoms with Gasteiger partial charge in [-0.05, 0) is 37.1 Å². The fraction of sp³-hybridized carbons (Fsp3) is 0.400. The molecule has 0 radical (unpaired) electrons. The lowest BCUT2D eigenvalue weighted by molar-refractivity contribution is 0.284. The zero-order valence-corrected chi connectivity index (χ0v) is 12.2. The SMILES string of the molecule is CCCOc1ccc(-c2nc(CC)c(CO)s2)cc1. The Hall–Kier alpha value is -1.39. The second-order valence-corrected chi connectivity index (χ2v) is 5.36. The van der Waals surface area contributed by atoms with Gasteiger partial charge >= 0.3 is 0 Å². The van der Waals surface area contributed by atoms with Crippen LogP contribution < -0.4 is 4.74 Å². The monoisotopic (exact) mass is 277 g/mol. The average Bonchev–Trinajstić information content (AvgIpc) is 2.89. The number of benzene rings is 1. The first-order valence-corrected chi connectivity index (χ1v) is 7.42. The Labute approximate surface area is 117 Å². The molecule has 2 aromatic rings. The highest BCUT2D eigenvalue weighted by Crippen LogP contribution is 2.29. The number of hydrogen-bond acceptors (Lipinski definition) is 4. The number of aromatic nitrogens is 1. The van der Waals surface area contributed by atoms with Gasteiger partial charge in [0.05, 0.1) is 23.8 Å². The largest absolute Gasteiger partial charge is 0.494 e. The van der Waals surface area contributed by atoms with Crippen molar-refractivity contribution < 1.29 is 9.84 Å². The molecule has 3 nitrogen and oxygen atoms in total. The third-order valence-corrected chi connectivity index (χ3v) is 3.96. The quantitative estimate of drug-likeness (QED) is 0.876. The first-order valence-electron chi connectivity index (χ1n) is 6.61. The van der Waals surface area contributed by atoms with Gasteiger partial charge in [0.25, 0.3) is 0 Å². The van der Waals surface area contributed by atoms with Crippen molar-refractivity contribution in [2.45, 2.75) is 33.3 Å². The molecule has 0 amide bonds. The molecule has 0 atom stereocenters. The van der Waals surface area contributed by atoms with Gasteiger partial charge in [-0.25, -0.2) is 4.98 Å². The molecular formula is C15H19NO2S. The Morgan fingerprint density at radius 3 is 2.47 bits per heavy atom. The molecule has 0 spiro atoms. The predicted molar refractivity (Wildman–Crippen MR) is 78.6 cm³/mol. The van der Waals surface area contributed by atoms with E-state index in [1.165, 1.54) is 0 Å². The van der Waals surface area contributed by atoms with Crippen molar-refractivity contribution in [3.63, 3.8) is 0 Å². The number of aliphatic hydroxyl groups excluding tert-OH is 1. The van der Waals surface area contributed by atoms with Crippen molar-refractivity contribution in [1.82, 2.24) is 4.98 Å². The number of aliphatic hydroxyl groups is 1. The smallest absolute Gasteiger partial charge is 0.123 e. The number of nitrogens with zero attached hydrogens (tertiary/aromatic N) is 1. The number of ether oxygens (including phenoxy) is 1. The van der Waals surface area contributed by atoms with E-state index in [1.807, 2.05) is 24.3 Å². The summed E-state index contributed by atoms with van der Waals surface area (Å²) in [5.74, 6) is 0.889. The van der Waals surface area contributed by atoms with Crippen LogP contribution >= 0.6 is 11.3 Å². The fourth-order valence-corrected chi connectivity index (χ4v) is 2.84. The van der Waals surface area contributed by atoms with Crippen LogP contribution in [0.2, 0.25) is 0 Å². The molecule has 0 fully saturated rings. The highest BCUT2D eigenvalue weighted by molar-refractivity contribution is 7.15. The van der Waals surface area contributed by atoms with Crippen LogP contribution in [0, 0.1) is 0 Å². The van der Waals surface area contributed by atoms with E-state index < -0.39 is 0 Å². The van der Waals surface area contributed by atoms with Crippen molar-refractivity contribution in [1.29, 1.82) is 0 Å². The summed E-state index contributed by atoms with van der Waals surface area (Å²) in [6, 6.07) is 7.97. The highest BCUT2D eigenvalue weighted by Gasteiger charge is 2.10. The Balaban J connectivity index is 2.19. The highest BCUT2D eigenvalue weighted by atomic mass is 32.1. The van der Waals surface area contributed by atoms with E-state index in [1.54, 1.807) is 11.3 Å². The standard InChI is InChI=1S/C15H19NO2S/c1-3-9-18-12-7-5-11(6-8-12)15-16-13(4-2)14(10-17)19-15/h5-8,17H,3-4,9-10H2,1-2H3. The summed E-state index contributed by atoms with van der Waals surface area (Å²) in [5.41, 5.74) is 2.07. The van der Waals surface area contributed by atoms with E-state index >= 15 is 0 Å². The molecule has 1 aromatic heterocycles. The van der Waals surface area contributed by atoms with Gasteiger partial charge in [-0.15, -0.1) is 11.3 Å². The van der Waals surface area contributed by atoms with Gasteiger partial charge in [-0.2, -0.15) is 0 Å². The van der Waals surface area contributed by atoms with Gasteiger partial charge in [0, 0.05) is 5.56 Å². The van der Waals surface area contributed by atoms with Crippen LogP contribution in [0.5, 0.6) is 5.75 Å². The third-order valence-electron chi connectivity index (χ3n) is 2.83. The van der Waals surface area contributed by atoms with Crippen LogP contribution in [-0.2, 0) is 13.0 Å². The molecule has 1 heterocycles. The van der Waals surface area contributed by atoms with E-state index in [-0.39, 0.29) is 6.61 Å². The number of rotatable bonds is 6. The molecule has 0 saturated heterocycles. The lowest BCUT2D eigenvalue weighted by atomic mass is 10.2. The lowest BCUT2D eigenvalue weighted by Gasteiger charge is -2.04. The Morgan fingerprint density at radius 2 is 1.95 bits per heavy atom. The van der Waals surface area contributed by atoms with Crippen LogP contribution in [0.1, 0.15) is 30.8 Å². The summed E-state index contributed by atoms with van der Waals surface area (Å²) < 4.78 is 5.56. The fourth-order valence-electron chi connectivity index (χ4n) is 1.82. The summed E-state index contributed by atoms with van der Waals surface area (Å²) in [7, 11) is 0. The van der Waals surface area contributed by atoms with E-state index in [9.17, 15) is 5.11 Å². The van der Waals surface area contributed by atoms with E-state index in [2.05, 4.69) is 18.8 Å². The maximum atomic E-state index is 9.30. The van der Waals surface area contributed by atoms with E-state index in [4.69, 9.17) is 4.74 Å². The molecule has 0 unspecified atom stereocenters. The molecule has 1 aromatic carbocycles.